The van der Waals surface area contributed by atoms with Crippen molar-refractivity contribution in [2.75, 3.05) is 0 Å². The van der Waals surface area contributed by atoms with Crippen LogP contribution in [0.1, 0.15) is 42.3 Å². The van der Waals surface area contributed by atoms with E-state index in [0.29, 0.717) is 6.54 Å². The van der Waals surface area contributed by atoms with Crippen molar-refractivity contribution in [3.05, 3.63) is 40.4 Å². The second-order valence-corrected chi connectivity index (χ2v) is 6.77. The number of nitrogens with two attached hydrogens (primary N) is 1. The Balaban J connectivity index is 1.86. The summed E-state index contributed by atoms with van der Waals surface area (Å²) in [5.41, 5.74) is 9.47. The zero-order valence-corrected chi connectivity index (χ0v) is 12.9. The molecule has 2 N–H and O–H groups in total. The summed E-state index contributed by atoms with van der Waals surface area (Å²) in [7, 11) is 0. The van der Waals surface area contributed by atoms with Crippen LogP contribution in [0.2, 0.25) is 0 Å². The van der Waals surface area contributed by atoms with Crippen LogP contribution < -0.4 is 5.73 Å². The van der Waals surface area contributed by atoms with Gasteiger partial charge in [-0.05, 0) is 36.8 Å². The standard InChI is InChI=1S/C17H22N2S/c1-2-4-12-7-8-15-16(10-12)20-17(19-15)14-6-3-5-13(9-14)11-18/h3,5-6,9,12H,2,4,7-8,10-11,18H2,1H3. The first-order chi connectivity index (χ1) is 9.80. The number of hydrogen-bond donors (Lipinski definition) is 1. The lowest BCUT2D eigenvalue weighted by Gasteiger charge is -2.20. The molecule has 1 heterocycles. The van der Waals surface area contributed by atoms with E-state index in [2.05, 4.69) is 31.2 Å². The third-order valence-electron chi connectivity index (χ3n) is 4.15. The van der Waals surface area contributed by atoms with E-state index in [0.717, 1.165) is 12.3 Å². The fraction of sp³-hybridized carbons (Fsp3) is 0.471. The summed E-state index contributed by atoms with van der Waals surface area (Å²) in [6, 6.07) is 8.48. The van der Waals surface area contributed by atoms with Crippen LogP contribution in [0.25, 0.3) is 10.6 Å². The zero-order chi connectivity index (χ0) is 13.9. The maximum Gasteiger partial charge on any atom is 0.123 e. The van der Waals surface area contributed by atoms with E-state index in [-0.39, 0.29) is 0 Å². The molecule has 0 amide bonds. The lowest BCUT2D eigenvalue weighted by Crippen LogP contribution is -2.12. The van der Waals surface area contributed by atoms with Gasteiger partial charge in [0.1, 0.15) is 5.01 Å². The maximum absolute atomic E-state index is 5.73. The molecule has 2 nitrogen and oxygen atoms in total. The van der Waals surface area contributed by atoms with Crippen LogP contribution in [0.3, 0.4) is 0 Å². The van der Waals surface area contributed by atoms with Crippen LogP contribution in [0, 0.1) is 5.92 Å². The number of nitrogens with zero attached hydrogens (tertiary/aromatic N) is 1. The molecule has 1 unspecified atom stereocenters. The van der Waals surface area contributed by atoms with Crippen LogP contribution >= 0.6 is 11.3 Å². The van der Waals surface area contributed by atoms with Crippen LogP contribution in [0.5, 0.6) is 0 Å². The molecule has 0 saturated carbocycles. The van der Waals surface area contributed by atoms with E-state index in [9.17, 15) is 0 Å². The van der Waals surface area contributed by atoms with E-state index < -0.39 is 0 Å². The molecule has 0 bridgehead atoms. The third kappa shape index (κ3) is 2.79. The molecule has 0 fully saturated rings. The summed E-state index contributed by atoms with van der Waals surface area (Å²) in [5, 5.41) is 1.17. The van der Waals surface area contributed by atoms with Gasteiger partial charge in [0, 0.05) is 17.0 Å². The first-order valence-corrected chi connectivity index (χ1v) is 8.39. The van der Waals surface area contributed by atoms with Crippen molar-refractivity contribution in [3.8, 4) is 10.6 Å². The van der Waals surface area contributed by atoms with Crippen molar-refractivity contribution < 1.29 is 0 Å². The van der Waals surface area contributed by atoms with E-state index in [1.807, 2.05) is 11.3 Å². The van der Waals surface area contributed by atoms with Crippen molar-refractivity contribution in [1.29, 1.82) is 0 Å². The Morgan fingerprint density at radius 2 is 2.30 bits per heavy atom. The summed E-state index contributed by atoms with van der Waals surface area (Å²) >= 11 is 1.89. The molecule has 1 aliphatic carbocycles. The molecule has 2 aromatic rings. The number of thiazole rings is 1. The highest BCUT2D eigenvalue weighted by Gasteiger charge is 2.22. The Hall–Kier alpha value is -1.19. The Bertz CT molecular complexity index is 588. The number of aromatic nitrogens is 1. The van der Waals surface area contributed by atoms with E-state index in [1.54, 1.807) is 0 Å². The highest BCUT2D eigenvalue weighted by molar-refractivity contribution is 7.15. The van der Waals surface area contributed by atoms with Crippen molar-refractivity contribution in [1.82, 2.24) is 4.98 Å². The predicted molar refractivity (Wildman–Crippen MR) is 85.9 cm³/mol. The minimum absolute atomic E-state index is 0.595. The monoisotopic (exact) mass is 286 g/mol. The molecule has 20 heavy (non-hydrogen) atoms. The largest absolute Gasteiger partial charge is 0.326 e. The summed E-state index contributed by atoms with van der Waals surface area (Å²) in [4.78, 5) is 6.39. The molecule has 1 aromatic heterocycles. The predicted octanol–water partition coefficient (Wildman–Crippen LogP) is 4.17. The summed E-state index contributed by atoms with van der Waals surface area (Å²) < 4.78 is 0. The van der Waals surface area contributed by atoms with Gasteiger partial charge >= 0.3 is 0 Å². The minimum Gasteiger partial charge on any atom is -0.326 e. The lowest BCUT2D eigenvalue weighted by molar-refractivity contribution is 0.424. The highest BCUT2D eigenvalue weighted by atomic mass is 32.1. The fourth-order valence-electron chi connectivity index (χ4n) is 3.05. The maximum atomic E-state index is 5.73. The molecule has 0 spiro atoms. The number of benzene rings is 1. The molecule has 0 saturated heterocycles. The molecule has 1 aromatic carbocycles. The molecule has 1 aliphatic rings. The summed E-state index contributed by atoms with van der Waals surface area (Å²) in [6.07, 6.45) is 6.36. The molecular weight excluding hydrogens is 264 g/mol. The fourth-order valence-corrected chi connectivity index (χ4v) is 4.27. The van der Waals surface area contributed by atoms with Gasteiger partial charge in [-0.25, -0.2) is 4.98 Å². The molecule has 0 radical (unpaired) electrons. The first kappa shape index (κ1) is 13.8. The van der Waals surface area contributed by atoms with E-state index in [4.69, 9.17) is 10.7 Å². The van der Waals surface area contributed by atoms with Gasteiger partial charge in [-0.2, -0.15) is 0 Å². The van der Waals surface area contributed by atoms with Gasteiger partial charge in [-0.1, -0.05) is 38.0 Å². The van der Waals surface area contributed by atoms with Crippen LogP contribution in [0.15, 0.2) is 24.3 Å². The van der Waals surface area contributed by atoms with Crippen molar-refractivity contribution in [2.24, 2.45) is 11.7 Å². The van der Waals surface area contributed by atoms with Gasteiger partial charge < -0.3 is 5.73 Å². The van der Waals surface area contributed by atoms with Crippen molar-refractivity contribution >= 4 is 11.3 Å². The molecule has 1 atom stereocenters. The van der Waals surface area contributed by atoms with Gasteiger partial charge in [0.15, 0.2) is 0 Å². The highest BCUT2D eigenvalue weighted by Crippen LogP contribution is 2.36. The average Bonchev–Trinajstić information content (AvgIpc) is 2.91. The van der Waals surface area contributed by atoms with Crippen molar-refractivity contribution in [3.63, 3.8) is 0 Å². The molecule has 3 rings (SSSR count). The van der Waals surface area contributed by atoms with E-state index in [1.165, 1.54) is 52.4 Å². The summed E-state index contributed by atoms with van der Waals surface area (Å²) in [5.74, 6) is 0.871. The number of rotatable bonds is 4. The molecule has 0 aliphatic heterocycles. The number of fused-ring (bicyclic) bond motifs is 1. The van der Waals surface area contributed by atoms with Gasteiger partial charge in [-0.15, -0.1) is 11.3 Å². The van der Waals surface area contributed by atoms with Crippen LogP contribution in [-0.4, -0.2) is 4.98 Å². The van der Waals surface area contributed by atoms with Crippen LogP contribution in [0.4, 0.5) is 0 Å². The van der Waals surface area contributed by atoms with Gasteiger partial charge in [0.25, 0.3) is 0 Å². The molecular formula is C17H22N2S. The topological polar surface area (TPSA) is 38.9 Å². The Labute approximate surface area is 125 Å². The van der Waals surface area contributed by atoms with Gasteiger partial charge in [0.2, 0.25) is 0 Å². The Morgan fingerprint density at radius 1 is 1.40 bits per heavy atom. The quantitative estimate of drug-likeness (QED) is 0.916. The number of aryl methyl sites for hydroxylation is 1. The van der Waals surface area contributed by atoms with Gasteiger partial charge in [0.05, 0.1) is 5.69 Å². The second kappa shape index (κ2) is 6.06. The zero-order valence-electron chi connectivity index (χ0n) is 12.1. The Kier molecular flexibility index (Phi) is 4.18. The van der Waals surface area contributed by atoms with Crippen LogP contribution in [-0.2, 0) is 19.4 Å². The minimum atomic E-state index is 0.595. The third-order valence-corrected chi connectivity index (χ3v) is 5.32. The smallest absolute Gasteiger partial charge is 0.123 e. The SMILES string of the molecule is CCCC1CCc2nc(-c3cccc(CN)c3)sc2C1. The lowest BCUT2D eigenvalue weighted by atomic mass is 9.88. The molecule has 106 valence electrons. The summed E-state index contributed by atoms with van der Waals surface area (Å²) in [6.45, 7) is 2.88. The second-order valence-electron chi connectivity index (χ2n) is 5.69. The average molecular weight is 286 g/mol. The number of hydrogen-bond acceptors (Lipinski definition) is 3. The van der Waals surface area contributed by atoms with Gasteiger partial charge in [-0.3, -0.25) is 0 Å². The van der Waals surface area contributed by atoms with E-state index >= 15 is 0 Å². The molecule has 3 heteroatoms. The van der Waals surface area contributed by atoms with Crippen molar-refractivity contribution in [2.45, 2.75) is 45.6 Å². The normalized spacial score (nSPS) is 18.0. The Morgan fingerprint density at radius 3 is 3.10 bits per heavy atom. The first-order valence-electron chi connectivity index (χ1n) is 7.58.